The van der Waals surface area contributed by atoms with Gasteiger partial charge in [-0.25, -0.2) is 18.1 Å². The van der Waals surface area contributed by atoms with Crippen LogP contribution in [0.3, 0.4) is 0 Å². The minimum absolute atomic E-state index is 0.0584. The molecule has 0 aliphatic carbocycles. The first-order valence-corrected chi connectivity index (χ1v) is 7.96. The number of aryl methyl sites for hydroxylation is 1. The molecule has 0 unspecified atom stereocenters. The van der Waals surface area contributed by atoms with E-state index in [4.69, 9.17) is 0 Å². The Morgan fingerprint density at radius 1 is 1.38 bits per heavy atom. The summed E-state index contributed by atoms with van der Waals surface area (Å²) in [6.07, 6.45) is 1.33. The molecule has 0 bridgehead atoms. The van der Waals surface area contributed by atoms with Gasteiger partial charge in [0, 0.05) is 6.54 Å². The average molecular weight is 313 g/mol. The fraction of sp³-hybridized carbons (Fsp3) is 0.545. The predicted octanol–water partition coefficient (Wildman–Crippen LogP) is -0.684. The van der Waals surface area contributed by atoms with Crippen LogP contribution in [0.15, 0.2) is 11.2 Å². The van der Waals surface area contributed by atoms with E-state index < -0.39 is 10.0 Å². The van der Waals surface area contributed by atoms with E-state index in [0.29, 0.717) is 30.3 Å². The first kappa shape index (κ1) is 15.6. The maximum Gasteiger partial charge on any atom is 0.244 e. The van der Waals surface area contributed by atoms with Gasteiger partial charge in [-0.05, 0) is 20.9 Å². The molecule has 3 N–H and O–H groups in total. The van der Waals surface area contributed by atoms with Gasteiger partial charge < -0.3 is 5.32 Å². The van der Waals surface area contributed by atoms with Gasteiger partial charge in [-0.1, -0.05) is 0 Å². The second-order valence-corrected chi connectivity index (χ2v) is 6.29. The van der Waals surface area contributed by atoms with Crippen LogP contribution in [0.5, 0.6) is 0 Å². The van der Waals surface area contributed by atoms with Crippen LogP contribution in [0, 0.1) is 13.8 Å². The van der Waals surface area contributed by atoms with Gasteiger partial charge in [0.05, 0.1) is 24.5 Å². The first-order valence-electron chi connectivity index (χ1n) is 6.48. The molecule has 0 amide bonds. The second kappa shape index (κ2) is 6.33. The maximum absolute atomic E-state index is 12.4. The van der Waals surface area contributed by atoms with E-state index in [-0.39, 0.29) is 11.4 Å². The first-order chi connectivity index (χ1) is 9.95. The summed E-state index contributed by atoms with van der Waals surface area (Å²) in [5.41, 5.74) is 1.10. The van der Waals surface area contributed by atoms with Crippen molar-refractivity contribution in [2.24, 2.45) is 0 Å². The molecule has 2 heterocycles. The average Bonchev–Trinajstić information content (AvgIpc) is 3.03. The monoisotopic (exact) mass is 313 g/mol. The highest BCUT2D eigenvalue weighted by atomic mass is 32.2. The summed E-state index contributed by atoms with van der Waals surface area (Å²) in [5.74, 6) is 0.455. The van der Waals surface area contributed by atoms with Crippen molar-refractivity contribution in [1.29, 1.82) is 0 Å². The highest BCUT2D eigenvalue weighted by Crippen LogP contribution is 2.19. The van der Waals surface area contributed by atoms with E-state index in [1.807, 2.05) is 7.05 Å². The lowest BCUT2D eigenvalue weighted by Gasteiger charge is -2.07. The SMILES string of the molecule is CNCCn1nc(C)c(S(=O)(=O)NCc2ncn[nH]2)c1C. The van der Waals surface area contributed by atoms with Gasteiger partial charge in [0.1, 0.15) is 17.0 Å². The fourth-order valence-electron chi connectivity index (χ4n) is 2.06. The molecule has 2 aromatic rings. The summed E-state index contributed by atoms with van der Waals surface area (Å²) in [6, 6.07) is 0. The zero-order chi connectivity index (χ0) is 15.5. The number of aromatic amines is 1. The van der Waals surface area contributed by atoms with Gasteiger partial charge >= 0.3 is 0 Å². The standard InChI is InChI=1S/C11H19N7O2S/c1-8-11(9(2)18(17-8)5-4-12-3)21(19,20)15-6-10-13-7-14-16-10/h7,12,15H,4-6H2,1-3H3,(H,13,14,16). The number of rotatable bonds is 7. The van der Waals surface area contributed by atoms with E-state index in [0.717, 1.165) is 0 Å². The molecule has 2 aromatic heterocycles. The highest BCUT2D eigenvalue weighted by molar-refractivity contribution is 7.89. The van der Waals surface area contributed by atoms with Crippen LogP contribution in [-0.2, 0) is 23.1 Å². The molecule has 9 nitrogen and oxygen atoms in total. The molecule has 21 heavy (non-hydrogen) atoms. The molecule has 0 spiro atoms. The number of hydrogen-bond acceptors (Lipinski definition) is 6. The van der Waals surface area contributed by atoms with Crippen molar-refractivity contribution >= 4 is 10.0 Å². The molecule has 0 aromatic carbocycles. The Balaban J connectivity index is 2.21. The molecule has 0 saturated carbocycles. The van der Waals surface area contributed by atoms with Crippen LogP contribution in [-0.4, -0.2) is 47.0 Å². The summed E-state index contributed by atoms with van der Waals surface area (Å²) in [6.45, 7) is 4.82. The number of nitrogens with zero attached hydrogens (tertiary/aromatic N) is 4. The van der Waals surface area contributed by atoms with E-state index >= 15 is 0 Å². The zero-order valence-corrected chi connectivity index (χ0v) is 13.0. The lowest BCUT2D eigenvalue weighted by molar-refractivity contribution is 0.563. The van der Waals surface area contributed by atoms with E-state index in [1.54, 1.807) is 18.5 Å². The summed E-state index contributed by atoms with van der Waals surface area (Å²) >= 11 is 0. The van der Waals surface area contributed by atoms with E-state index in [2.05, 4.69) is 30.3 Å². The number of nitrogens with one attached hydrogen (secondary N) is 3. The molecular weight excluding hydrogens is 294 g/mol. The number of H-pyrrole nitrogens is 1. The minimum Gasteiger partial charge on any atom is -0.318 e. The normalized spacial score (nSPS) is 12.0. The van der Waals surface area contributed by atoms with Crippen molar-refractivity contribution in [1.82, 2.24) is 35.0 Å². The Morgan fingerprint density at radius 3 is 2.76 bits per heavy atom. The van der Waals surface area contributed by atoms with E-state index in [9.17, 15) is 8.42 Å². The number of hydrogen-bond donors (Lipinski definition) is 3. The molecule has 0 saturated heterocycles. The van der Waals surface area contributed by atoms with Crippen molar-refractivity contribution in [3.8, 4) is 0 Å². The van der Waals surface area contributed by atoms with Crippen LogP contribution in [0.25, 0.3) is 0 Å². The summed E-state index contributed by atoms with van der Waals surface area (Å²) in [7, 11) is -1.81. The van der Waals surface area contributed by atoms with Crippen molar-refractivity contribution in [2.75, 3.05) is 13.6 Å². The van der Waals surface area contributed by atoms with Crippen LogP contribution < -0.4 is 10.0 Å². The third kappa shape index (κ3) is 3.46. The topological polar surface area (TPSA) is 118 Å². The van der Waals surface area contributed by atoms with Crippen molar-refractivity contribution < 1.29 is 8.42 Å². The van der Waals surface area contributed by atoms with Gasteiger partial charge in [0.2, 0.25) is 10.0 Å². The molecular formula is C11H19N7O2S. The van der Waals surface area contributed by atoms with Crippen LogP contribution in [0.1, 0.15) is 17.2 Å². The van der Waals surface area contributed by atoms with Crippen molar-refractivity contribution in [2.45, 2.75) is 31.8 Å². The number of aromatic nitrogens is 5. The van der Waals surface area contributed by atoms with Crippen LogP contribution in [0.2, 0.25) is 0 Å². The molecule has 0 fully saturated rings. The lowest BCUT2D eigenvalue weighted by atomic mass is 10.4. The third-order valence-electron chi connectivity index (χ3n) is 3.05. The molecule has 0 aliphatic heterocycles. The fourth-order valence-corrected chi connectivity index (χ4v) is 3.45. The highest BCUT2D eigenvalue weighted by Gasteiger charge is 2.24. The quantitative estimate of drug-likeness (QED) is 0.623. The Kier molecular flexibility index (Phi) is 4.70. The largest absolute Gasteiger partial charge is 0.318 e. The summed E-state index contributed by atoms with van der Waals surface area (Å²) in [4.78, 5) is 4.10. The number of sulfonamides is 1. The predicted molar refractivity (Wildman–Crippen MR) is 76.0 cm³/mol. The molecule has 0 radical (unpaired) electrons. The minimum atomic E-state index is -3.64. The smallest absolute Gasteiger partial charge is 0.244 e. The zero-order valence-electron chi connectivity index (χ0n) is 12.2. The van der Waals surface area contributed by atoms with Crippen molar-refractivity contribution in [3.63, 3.8) is 0 Å². The third-order valence-corrected chi connectivity index (χ3v) is 4.70. The summed E-state index contributed by atoms with van der Waals surface area (Å²) in [5, 5.41) is 13.6. The Hall–Kier alpha value is -1.78. The Bertz CT molecular complexity index is 690. The van der Waals surface area contributed by atoms with Crippen molar-refractivity contribution in [3.05, 3.63) is 23.5 Å². The van der Waals surface area contributed by atoms with Gasteiger partial charge in [-0.3, -0.25) is 9.78 Å². The Morgan fingerprint density at radius 2 is 2.14 bits per heavy atom. The molecule has 0 atom stereocenters. The maximum atomic E-state index is 12.4. The molecule has 0 aliphatic rings. The van der Waals surface area contributed by atoms with Gasteiger partial charge in [0.15, 0.2) is 0 Å². The van der Waals surface area contributed by atoms with Gasteiger partial charge in [-0.15, -0.1) is 0 Å². The summed E-state index contributed by atoms with van der Waals surface area (Å²) < 4.78 is 29.0. The number of likely N-dealkylation sites (N-methyl/N-ethyl adjacent to an activating group) is 1. The Labute approximate surface area is 123 Å². The van der Waals surface area contributed by atoms with Gasteiger partial charge in [0.25, 0.3) is 0 Å². The molecule has 116 valence electrons. The second-order valence-electron chi connectivity index (χ2n) is 4.58. The van der Waals surface area contributed by atoms with Crippen LogP contribution in [0.4, 0.5) is 0 Å². The lowest BCUT2D eigenvalue weighted by Crippen LogP contribution is -2.25. The van der Waals surface area contributed by atoms with Crippen LogP contribution >= 0.6 is 0 Å². The van der Waals surface area contributed by atoms with Gasteiger partial charge in [-0.2, -0.15) is 10.2 Å². The van der Waals surface area contributed by atoms with E-state index in [1.165, 1.54) is 6.33 Å². The molecule has 10 heteroatoms. The molecule has 2 rings (SSSR count).